The van der Waals surface area contributed by atoms with Gasteiger partial charge in [-0.2, -0.15) is 0 Å². The van der Waals surface area contributed by atoms with Crippen LogP contribution in [0.2, 0.25) is 0 Å². The second-order valence-electron chi connectivity index (χ2n) is 6.11. The molecule has 1 amide bonds. The summed E-state index contributed by atoms with van der Waals surface area (Å²) in [5.41, 5.74) is 2.75. The molecule has 0 radical (unpaired) electrons. The van der Waals surface area contributed by atoms with Crippen LogP contribution in [0, 0.1) is 5.92 Å². The summed E-state index contributed by atoms with van der Waals surface area (Å²) in [7, 11) is 0. The zero-order valence-electron chi connectivity index (χ0n) is 13.6. The van der Waals surface area contributed by atoms with Gasteiger partial charge in [-0.15, -0.1) is 10.2 Å². The van der Waals surface area contributed by atoms with Crippen molar-refractivity contribution in [2.24, 2.45) is 5.92 Å². The van der Waals surface area contributed by atoms with Crippen molar-refractivity contribution in [3.63, 3.8) is 0 Å². The fourth-order valence-electron chi connectivity index (χ4n) is 2.98. The lowest BCUT2D eigenvalue weighted by Crippen LogP contribution is -2.34. The first-order chi connectivity index (χ1) is 12.3. The zero-order chi connectivity index (χ0) is 17.1. The topological polar surface area (TPSA) is 69.0 Å². The molecule has 6 nitrogen and oxygen atoms in total. The Kier molecular flexibility index (Phi) is 4.16. The Hall–Kier alpha value is -3.15. The number of benzene rings is 2. The van der Waals surface area contributed by atoms with E-state index in [0.29, 0.717) is 18.7 Å². The van der Waals surface area contributed by atoms with E-state index in [1.54, 1.807) is 29.4 Å². The van der Waals surface area contributed by atoms with E-state index < -0.39 is 0 Å². The summed E-state index contributed by atoms with van der Waals surface area (Å²) in [6.45, 7) is 1.23. The summed E-state index contributed by atoms with van der Waals surface area (Å²) < 4.78 is 7.56. The van der Waals surface area contributed by atoms with Crippen LogP contribution >= 0.6 is 0 Å². The fraction of sp³-hybridized carbons (Fsp3) is 0.211. The van der Waals surface area contributed by atoms with Gasteiger partial charge in [0.2, 0.25) is 0 Å². The Morgan fingerprint density at radius 3 is 2.68 bits per heavy atom. The predicted octanol–water partition coefficient (Wildman–Crippen LogP) is 2.25. The number of nitrogens with zero attached hydrogens (tertiary/aromatic N) is 3. The summed E-state index contributed by atoms with van der Waals surface area (Å²) in [6, 6.07) is 15.4. The molecule has 0 aliphatic carbocycles. The van der Waals surface area contributed by atoms with Crippen LogP contribution in [0.4, 0.5) is 0 Å². The van der Waals surface area contributed by atoms with Gasteiger partial charge in [0, 0.05) is 23.7 Å². The first-order valence-corrected chi connectivity index (χ1v) is 8.23. The van der Waals surface area contributed by atoms with Crippen molar-refractivity contribution >= 4 is 5.91 Å². The highest BCUT2D eigenvalue weighted by Crippen LogP contribution is 2.26. The van der Waals surface area contributed by atoms with Crippen molar-refractivity contribution in [1.82, 2.24) is 20.1 Å². The minimum atomic E-state index is -0.0748. The summed E-state index contributed by atoms with van der Waals surface area (Å²) in [5, 5.41) is 10.6. The lowest BCUT2D eigenvalue weighted by Gasteiger charge is -2.25. The Morgan fingerprint density at radius 1 is 1.12 bits per heavy atom. The Bertz CT molecular complexity index is 859. The molecule has 3 aromatic rings. The molecule has 0 unspecified atom stereocenters. The van der Waals surface area contributed by atoms with Crippen LogP contribution in [0.1, 0.15) is 15.9 Å². The van der Waals surface area contributed by atoms with E-state index in [-0.39, 0.29) is 11.8 Å². The maximum atomic E-state index is 12.3. The number of aromatic nitrogens is 3. The Labute approximate surface area is 145 Å². The number of carbonyl (C=O) groups excluding carboxylic acids is 1. The number of hydrogen-bond acceptors (Lipinski definition) is 4. The van der Waals surface area contributed by atoms with E-state index >= 15 is 0 Å². The normalized spacial score (nSPS) is 15.9. The lowest BCUT2D eigenvalue weighted by molar-refractivity contribution is 0.0939. The average molecular weight is 334 g/mol. The molecule has 1 aliphatic heterocycles. The van der Waals surface area contributed by atoms with Gasteiger partial charge >= 0.3 is 0 Å². The quantitative estimate of drug-likeness (QED) is 0.794. The van der Waals surface area contributed by atoms with Crippen LogP contribution in [-0.2, 0) is 6.42 Å². The molecule has 126 valence electrons. The summed E-state index contributed by atoms with van der Waals surface area (Å²) in [4.78, 5) is 12.3. The van der Waals surface area contributed by atoms with Crippen LogP contribution in [0.25, 0.3) is 5.69 Å². The molecule has 2 aromatic carbocycles. The molecule has 1 aromatic heterocycles. The number of rotatable bonds is 4. The molecule has 1 aliphatic rings. The minimum absolute atomic E-state index is 0.0748. The number of fused-ring (bicyclic) bond motifs is 1. The molecule has 4 rings (SSSR count). The third-order valence-electron chi connectivity index (χ3n) is 4.35. The van der Waals surface area contributed by atoms with Crippen molar-refractivity contribution < 1.29 is 9.53 Å². The maximum Gasteiger partial charge on any atom is 0.251 e. The smallest absolute Gasteiger partial charge is 0.251 e. The summed E-state index contributed by atoms with van der Waals surface area (Å²) in [6.07, 6.45) is 4.16. The molecule has 25 heavy (non-hydrogen) atoms. The third kappa shape index (κ3) is 3.38. The molecular weight excluding hydrogens is 316 g/mol. The van der Waals surface area contributed by atoms with Crippen molar-refractivity contribution in [3.8, 4) is 11.4 Å². The van der Waals surface area contributed by atoms with E-state index in [2.05, 4.69) is 21.6 Å². The lowest BCUT2D eigenvalue weighted by atomic mass is 9.96. The molecule has 0 bridgehead atoms. The predicted molar refractivity (Wildman–Crippen MR) is 92.8 cm³/mol. The van der Waals surface area contributed by atoms with Crippen LogP contribution in [0.5, 0.6) is 5.75 Å². The Balaban J connectivity index is 1.35. The summed E-state index contributed by atoms with van der Waals surface area (Å²) >= 11 is 0. The van der Waals surface area contributed by atoms with Crippen molar-refractivity contribution in [2.75, 3.05) is 13.2 Å². The largest absolute Gasteiger partial charge is 0.493 e. The molecule has 2 heterocycles. The highest BCUT2D eigenvalue weighted by atomic mass is 16.5. The number of para-hydroxylation sites is 1. The third-order valence-corrected chi connectivity index (χ3v) is 4.35. The van der Waals surface area contributed by atoms with Crippen LogP contribution < -0.4 is 10.1 Å². The first-order valence-electron chi connectivity index (χ1n) is 8.23. The van der Waals surface area contributed by atoms with E-state index in [0.717, 1.165) is 17.9 Å². The second kappa shape index (κ2) is 6.76. The van der Waals surface area contributed by atoms with Gasteiger partial charge in [0.05, 0.1) is 6.61 Å². The van der Waals surface area contributed by atoms with Gasteiger partial charge in [-0.25, -0.2) is 0 Å². The SMILES string of the molecule is O=C(NC[C@H]1COc2ccccc2C1)c1ccc(-n2cnnc2)cc1. The van der Waals surface area contributed by atoms with Crippen molar-refractivity contribution in [1.29, 1.82) is 0 Å². The van der Waals surface area contributed by atoms with Gasteiger partial charge in [-0.1, -0.05) is 18.2 Å². The van der Waals surface area contributed by atoms with Crippen LogP contribution in [0.15, 0.2) is 61.2 Å². The highest BCUT2D eigenvalue weighted by molar-refractivity contribution is 5.94. The van der Waals surface area contributed by atoms with Crippen molar-refractivity contribution in [2.45, 2.75) is 6.42 Å². The van der Waals surface area contributed by atoms with Gasteiger partial charge in [-0.05, 0) is 42.3 Å². The zero-order valence-corrected chi connectivity index (χ0v) is 13.6. The number of carbonyl (C=O) groups is 1. The van der Waals surface area contributed by atoms with Gasteiger partial charge in [0.25, 0.3) is 5.91 Å². The molecule has 0 saturated carbocycles. The monoisotopic (exact) mass is 334 g/mol. The average Bonchev–Trinajstić information content (AvgIpc) is 3.21. The van der Waals surface area contributed by atoms with Gasteiger partial charge in [-0.3, -0.25) is 9.36 Å². The molecule has 1 atom stereocenters. The minimum Gasteiger partial charge on any atom is -0.493 e. The molecular formula is C19H18N4O2. The first kappa shape index (κ1) is 15.4. The fourth-order valence-corrected chi connectivity index (χ4v) is 2.98. The van der Waals surface area contributed by atoms with Gasteiger partial charge in [0.1, 0.15) is 18.4 Å². The van der Waals surface area contributed by atoms with E-state index in [9.17, 15) is 4.79 Å². The molecule has 0 saturated heterocycles. The van der Waals surface area contributed by atoms with Gasteiger partial charge < -0.3 is 10.1 Å². The van der Waals surface area contributed by atoms with Crippen molar-refractivity contribution in [3.05, 3.63) is 72.3 Å². The van der Waals surface area contributed by atoms with Crippen LogP contribution in [0.3, 0.4) is 0 Å². The molecule has 0 spiro atoms. The molecule has 0 fully saturated rings. The van der Waals surface area contributed by atoms with E-state index in [1.807, 2.05) is 30.3 Å². The number of amides is 1. The number of ether oxygens (including phenoxy) is 1. The highest BCUT2D eigenvalue weighted by Gasteiger charge is 2.20. The van der Waals surface area contributed by atoms with E-state index in [4.69, 9.17) is 4.74 Å². The maximum absolute atomic E-state index is 12.3. The van der Waals surface area contributed by atoms with Gasteiger partial charge in [0.15, 0.2) is 0 Å². The number of hydrogen-bond donors (Lipinski definition) is 1. The van der Waals surface area contributed by atoms with Crippen LogP contribution in [-0.4, -0.2) is 33.8 Å². The molecule has 1 N–H and O–H groups in total. The summed E-state index contributed by atoms with van der Waals surface area (Å²) in [5.74, 6) is 1.17. The number of nitrogens with one attached hydrogen (secondary N) is 1. The Morgan fingerprint density at radius 2 is 1.88 bits per heavy atom. The van der Waals surface area contributed by atoms with E-state index in [1.165, 1.54) is 5.56 Å². The second-order valence-corrected chi connectivity index (χ2v) is 6.11. The molecule has 6 heteroatoms. The standard InChI is InChI=1S/C19H18N4O2/c24-19(15-5-7-17(8-6-15)23-12-21-22-13-23)20-10-14-9-16-3-1-2-4-18(16)25-11-14/h1-8,12-14H,9-11H2,(H,20,24)/t14-/m0/s1.